The standard InChI is InChI=1S/C8H14BrNO3/c1-12-8(13-2)6(9)4-3-5-7(8)10-11/h6,11H,3-5H2,1-2H3. The van der Waals surface area contributed by atoms with Crippen LogP contribution in [0.15, 0.2) is 5.16 Å². The molecule has 0 bridgehead atoms. The van der Waals surface area contributed by atoms with Gasteiger partial charge in [-0.25, -0.2) is 0 Å². The molecule has 13 heavy (non-hydrogen) atoms. The van der Waals surface area contributed by atoms with E-state index in [1.54, 1.807) is 14.2 Å². The molecule has 1 unspecified atom stereocenters. The molecule has 0 saturated heterocycles. The summed E-state index contributed by atoms with van der Waals surface area (Å²) in [4.78, 5) is 0.0367. The largest absolute Gasteiger partial charge is 0.411 e. The minimum absolute atomic E-state index is 0.0367. The molecule has 76 valence electrons. The molecule has 0 spiro atoms. The van der Waals surface area contributed by atoms with Crippen LogP contribution in [0.3, 0.4) is 0 Å². The van der Waals surface area contributed by atoms with E-state index < -0.39 is 5.79 Å². The van der Waals surface area contributed by atoms with Crippen molar-refractivity contribution in [3.05, 3.63) is 0 Å². The number of rotatable bonds is 2. The first kappa shape index (κ1) is 10.9. The number of hydrogen-bond donors (Lipinski definition) is 1. The van der Waals surface area contributed by atoms with Crippen molar-refractivity contribution in [2.75, 3.05) is 14.2 Å². The van der Waals surface area contributed by atoms with E-state index in [1.807, 2.05) is 0 Å². The predicted molar refractivity (Wildman–Crippen MR) is 52.5 cm³/mol. The third-order valence-electron chi connectivity index (χ3n) is 2.41. The Labute approximate surface area is 86.0 Å². The first-order valence-corrected chi connectivity index (χ1v) is 5.08. The van der Waals surface area contributed by atoms with E-state index in [0.717, 1.165) is 12.8 Å². The van der Waals surface area contributed by atoms with Gasteiger partial charge >= 0.3 is 0 Å². The Morgan fingerprint density at radius 2 is 2.15 bits per heavy atom. The molecule has 0 aromatic rings. The Hall–Kier alpha value is -0.130. The highest BCUT2D eigenvalue weighted by Crippen LogP contribution is 2.34. The monoisotopic (exact) mass is 251 g/mol. The highest BCUT2D eigenvalue weighted by Gasteiger charge is 2.46. The Kier molecular flexibility index (Phi) is 3.70. The van der Waals surface area contributed by atoms with Crippen LogP contribution in [0.5, 0.6) is 0 Å². The predicted octanol–water partition coefficient (Wildman–Crippen LogP) is 1.75. The lowest BCUT2D eigenvalue weighted by molar-refractivity contribution is -0.158. The van der Waals surface area contributed by atoms with E-state index >= 15 is 0 Å². The minimum Gasteiger partial charge on any atom is -0.411 e. The second kappa shape index (κ2) is 4.39. The van der Waals surface area contributed by atoms with Gasteiger partial charge in [-0.05, 0) is 19.3 Å². The molecule has 5 heteroatoms. The molecule has 1 aliphatic rings. The van der Waals surface area contributed by atoms with Gasteiger partial charge in [-0.15, -0.1) is 0 Å². The maximum absolute atomic E-state index is 8.81. The van der Waals surface area contributed by atoms with E-state index in [0.29, 0.717) is 12.1 Å². The Morgan fingerprint density at radius 1 is 1.54 bits per heavy atom. The molecule has 0 aromatic carbocycles. The maximum atomic E-state index is 8.81. The fourth-order valence-corrected chi connectivity index (χ4v) is 2.65. The van der Waals surface area contributed by atoms with Crippen LogP contribution in [-0.2, 0) is 9.47 Å². The average molecular weight is 252 g/mol. The van der Waals surface area contributed by atoms with Gasteiger partial charge in [0.05, 0.1) is 4.83 Å². The van der Waals surface area contributed by atoms with Gasteiger partial charge in [-0.3, -0.25) is 0 Å². The number of methoxy groups -OCH3 is 2. The zero-order chi connectivity index (χ0) is 9.90. The lowest BCUT2D eigenvalue weighted by atomic mass is 9.92. The van der Waals surface area contributed by atoms with Gasteiger partial charge in [0, 0.05) is 14.2 Å². The summed E-state index contributed by atoms with van der Waals surface area (Å²) in [5.41, 5.74) is 0.547. The summed E-state index contributed by atoms with van der Waals surface area (Å²) >= 11 is 3.47. The molecule has 0 aromatic heterocycles. The van der Waals surface area contributed by atoms with Crippen molar-refractivity contribution >= 4 is 21.6 Å². The lowest BCUT2D eigenvalue weighted by Gasteiger charge is -2.38. The SMILES string of the molecule is COC1(OC)C(=NO)CCCC1Br. The van der Waals surface area contributed by atoms with Crippen LogP contribution in [0.4, 0.5) is 0 Å². The number of ether oxygens (including phenoxy) is 2. The zero-order valence-electron chi connectivity index (χ0n) is 7.79. The van der Waals surface area contributed by atoms with Crippen LogP contribution < -0.4 is 0 Å². The second-order valence-electron chi connectivity index (χ2n) is 2.98. The zero-order valence-corrected chi connectivity index (χ0v) is 9.37. The van der Waals surface area contributed by atoms with Crippen molar-refractivity contribution in [2.45, 2.75) is 29.9 Å². The van der Waals surface area contributed by atoms with Crippen LogP contribution >= 0.6 is 15.9 Å². The molecule has 1 saturated carbocycles. The molecule has 1 N–H and O–H groups in total. The number of hydrogen-bond acceptors (Lipinski definition) is 4. The lowest BCUT2D eigenvalue weighted by Crippen LogP contribution is -2.52. The van der Waals surface area contributed by atoms with Crippen LogP contribution in [0.2, 0.25) is 0 Å². The summed E-state index contributed by atoms with van der Waals surface area (Å²) in [6.45, 7) is 0. The molecular formula is C8H14BrNO3. The topological polar surface area (TPSA) is 51.0 Å². The summed E-state index contributed by atoms with van der Waals surface area (Å²) < 4.78 is 10.6. The van der Waals surface area contributed by atoms with E-state index in [1.165, 1.54) is 0 Å². The highest BCUT2D eigenvalue weighted by molar-refractivity contribution is 9.09. The number of halogens is 1. The molecule has 4 nitrogen and oxygen atoms in total. The number of alkyl halides is 1. The van der Waals surface area contributed by atoms with Gasteiger partial charge in [0.15, 0.2) is 0 Å². The summed E-state index contributed by atoms with van der Waals surface area (Å²) in [6, 6.07) is 0. The van der Waals surface area contributed by atoms with E-state index in [2.05, 4.69) is 21.1 Å². The number of oxime groups is 1. The van der Waals surface area contributed by atoms with Gasteiger partial charge in [0.25, 0.3) is 0 Å². The van der Waals surface area contributed by atoms with Crippen LogP contribution in [-0.4, -0.2) is 35.8 Å². The summed E-state index contributed by atoms with van der Waals surface area (Å²) in [5.74, 6) is -0.896. The third kappa shape index (κ3) is 1.73. The van der Waals surface area contributed by atoms with E-state index in [9.17, 15) is 0 Å². The van der Waals surface area contributed by atoms with Crippen LogP contribution in [0.1, 0.15) is 19.3 Å². The van der Waals surface area contributed by atoms with Crippen molar-refractivity contribution in [1.29, 1.82) is 0 Å². The van der Waals surface area contributed by atoms with E-state index in [-0.39, 0.29) is 4.83 Å². The molecule has 0 aliphatic heterocycles. The first-order chi connectivity index (χ1) is 6.21. The molecule has 0 heterocycles. The Balaban J connectivity index is 2.95. The van der Waals surface area contributed by atoms with Crippen molar-refractivity contribution < 1.29 is 14.7 Å². The maximum Gasteiger partial charge on any atom is 0.224 e. The quantitative estimate of drug-likeness (QED) is 0.352. The molecule has 1 atom stereocenters. The van der Waals surface area contributed by atoms with Gasteiger partial charge in [-0.2, -0.15) is 0 Å². The van der Waals surface area contributed by atoms with Crippen molar-refractivity contribution in [3.8, 4) is 0 Å². The van der Waals surface area contributed by atoms with Crippen molar-refractivity contribution in [3.63, 3.8) is 0 Å². The average Bonchev–Trinajstić information content (AvgIpc) is 2.18. The van der Waals surface area contributed by atoms with Crippen molar-refractivity contribution in [1.82, 2.24) is 0 Å². The van der Waals surface area contributed by atoms with Crippen LogP contribution in [0.25, 0.3) is 0 Å². The minimum atomic E-state index is -0.896. The summed E-state index contributed by atoms with van der Waals surface area (Å²) in [5, 5.41) is 12.0. The smallest absolute Gasteiger partial charge is 0.224 e. The highest BCUT2D eigenvalue weighted by atomic mass is 79.9. The van der Waals surface area contributed by atoms with E-state index in [4.69, 9.17) is 14.7 Å². The molecule has 0 radical (unpaired) electrons. The Bertz CT molecular complexity index is 204. The van der Waals surface area contributed by atoms with Gasteiger partial charge in [-0.1, -0.05) is 21.1 Å². The number of nitrogens with zero attached hydrogens (tertiary/aromatic N) is 1. The van der Waals surface area contributed by atoms with Gasteiger partial charge in [0.2, 0.25) is 5.79 Å². The van der Waals surface area contributed by atoms with Crippen molar-refractivity contribution in [2.24, 2.45) is 5.16 Å². The molecule has 0 amide bonds. The Morgan fingerprint density at radius 3 is 2.54 bits per heavy atom. The molecule has 1 fully saturated rings. The second-order valence-corrected chi connectivity index (χ2v) is 4.09. The summed E-state index contributed by atoms with van der Waals surface area (Å²) in [7, 11) is 3.10. The van der Waals surface area contributed by atoms with Crippen LogP contribution in [0, 0.1) is 0 Å². The fourth-order valence-electron chi connectivity index (χ4n) is 1.69. The fraction of sp³-hybridized carbons (Fsp3) is 0.875. The first-order valence-electron chi connectivity index (χ1n) is 4.17. The van der Waals surface area contributed by atoms with Gasteiger partial charge < -0.3 is 14.7 Å². The third-order valence-corrected chi connectivity index (χ3v) is 3.47. The summed E-state index contributed by atoms with van der Waals surface area (Å²) in [6.07, 6.45) is 2.63. The normalized spacial score (nSPS) is 30.7. The molecular weight excluding hydrogens is 238 g/mol. The molecule has 1 aliphatic carbocycles. The van der Waals surface area contributed by atoms with Gasteiger partial charge in [0.1, 0.15) is 5.71 Å². The molecule has 1 rings (SSSR count).